The number of hydrogen-bond donors (Lipinski definition) is 1. The Hall–Kier alpha value is -1.07. The summed E-state index contributed by atoms with van der Waals surface area (Å²) >= 11 is 0. The van der Waals surface area contributed by atoms with E-state index in [1.165, 1.54) is 0 Å². The number of nitrogens with zero attached hydrogens (tertiary/aromatic N) is 2. The van der Waals surface area contributed by atoms with Crippen molar-refractivity contribution in [3.05, 3.63) is 12.4 Å². The van der Waals surface area contributed by atoms with Crippen LogP contribution in [0.1, 0.15) is 0 Å². The van der Waals surface area contributed by atoms with E-state index < -0.39 is 0 Å². The van der Waals surface area contributed by atoms with E-state index in [0.29, 0.717) is 13.2 Å². The summed E-state index contributed by atoms with van der Waals surface area (Å²) in [6, 6.07) is 0. The van der Waals surface area contributed by atoms with E-state index >= 15 is 0 Å². The van der Waals surface area contributed by atoms with Gasteiger partial charge in [-0.15, -0.1) is 0 Å². The Morgan fingerprint density at radius 1 is 1.69 bits per heavy atom. The lowest BCUT2D eigenvalue weighted by molar-refractivity contribution is 0.0860. The Kier molecular flexibility index (Phi) is 3.72. The molecule has 1 rings (SSSR count). The van der Waals surface area contributed by atoms with Crippen LogP contribution < -0.4 is 10.5 Å². The molecule has 0 amide bonds. The molecule has 1 heterocycles. The number of nitrogens with two attached hydrogens (primary N) is 1. The first-order valence-electron chi connectivity index (χ1n) is 4.10. The van der Waals surface area contributed by atoms with Crippen molar-refractivity contribution in [3.8, 4) is 5.75 Å². The molecular weight excluding hydrogens is 170 g/mol. The van der Waals surface area contributed by atoms with Crippen LogP contribution in [0.25, 0.3) is 0 Å². The predicted octanol–water partition coefficient (Wildman–Crippen LogP) is -0.227. The third-order valence-corrected chi connectivity index (χ3v) is 1.60. The van der Waals surface area contributed by atoms with Crippen LogP contribution in [0.3, 0.4) is 0 Å². The number of ether oxygens (including phenoxy) is 2. The van der Waals surface area contributed by atoms with Gasteiger partial charge in [0.25, 0.3) is 0 Å². The lowest BCUT2D eigenvalue weighted by Gasteiger charge is -2.14. The summed E-state index contributed by atoms with van der Waals surface area (Å²) < 4.78 is 12.1. The SMILES string of the molecule is COCC(CN)Oc1cnn(C)c1. The third-order valence-electron chi connectivity index (χ3n) is 1.60. The van der Waals surface area contributed by atoms with Gasteiger partial charge in [-0.25, -0.2) is 0 Å². The Bertz CT molecular complexity index is 249. The minimum Gasteiger partial charge on any atom is -0.483 e. The Labute approximate surface area is 77.4 Å². The first kappa shape index (κ1) is 10.0. The highest BCUT2D eigenvalue weighted by molar-refractivity contribution is 5.11. The highest BCUT2D eigenvalue weighted by Crippen LogP contribution is 2.09. The van der Waals surface area contributed by atoms with Crippen LogP contribution in [0.2, 0.25) is 0 Å². The van der Waals surface area contributed by atoms with Gasteiger partial charge in [-0.2, -0.15) is 5.10 Å². The van der Waals surface area contributed by atoms with Crippen LogP contribution in [-0.4, -0.2) is 36.1 Å². The monoisotopic (exact) mass is 185 g/mol. The van der Waals surface area contributed by atoms with E-state index in [9.17, 15) is 0 Å². The minimum atomic E-state index is -0.103. The molecule has 0 aliphatic rings. The summed E-state index contributed by atoms with van der Waals surface area (Å²) in [7, 11) is 3.45. The topological polar surface area (TPSA) is 62.3 Å². The number of aryl methyl sites for hydroxylation is 1. The summed E-state index contributed by atoms with van der Waals surface area (Å²) in [5, 5.41) is 3.97. The van der Waals surface area contributed by atoms with Crippen molar-refractivity contribution in [2.45, 2.75) is 6.10 Å². The third kappa shape index (κ3) is 3.04. The number of hydrogen-bond acceptors (Lipinski definition) is 4. The van der Waals surface area contributed by atoms with Crippen LogP contribution >= 0.6 is 0 Å². The molecule has 1 aromatic heterocycles. The van der Waals surface area contributed by atoms with Crippen molar-refractivity contribution in [2.24, 2.45) is 12.8 Å². The van der Waals surface area contributed by atoms with Gasteiger partial charge in [-0.05, 0) is 0 Å². The van der Waals surface area contributed by atoms with E-state index in [2.05, 4.69) is 5.10 Å². The Balaban J connectivity index is 2.46. The van der Waals surface area contributed by atoms with Crippen molar-refractivity contribution in [1.29, 1.82) is 0 Å². The predicted molar refractivity (Wildman–Crippen MR) is 48.6 cm³/mol. The first-order valence-corrected chi connectivity index (χ1v) is 4.10. The van der Waals surface area contributed by atoms with Crippen molar-refractivity contribution < 1.29 is 9.47 Å². The van der Waals surface area contributed by atoms with Gasteiger partial charge in [-0.1, -0.05) is 0 Å². The van der Waals surface area contributed by atoms with Gasteiger partial charge in [-0.3, -0.25) is 4.68 Å². The molecule has 0 saturated carbocycles. The molecule has 5 heteroatoms. The second-order valence-corrected chi connectivity index (χ2v) is 2.78. The molecule has 1 atom stereocenters. The van der Waals surface area contributed by atoms with E-state index in [1.807, 2.05) is 7.05 Å². The Morgan fingerprint density at radius 2 is 2.46 bits per heavy atom. The fourth-order valence-corrected chi connectivity index (χ4v) is 0.988. The highest BCUT2D eigenvalue weighted by Gasteiger charge is 2.08. The summed E-state index contributed by atoms with van der Waals surface area (Å²) in [6.45, 7) is 0.925. The number of rotatable bonds is 5. The first-order chi connectivity index (χ1) is 6.26. The molecule has 74 valence electrons. The highest BCUT2D eigenvalue weighted by atomic mass is 16.5. The van der Waals surface area contributed by atoms with Crippen LogP contribution in [-0.2, 0) is 11.8 Å². The molecule has 0 fully saturated rings. The Morgan fingerprint density at radius 3 is 2.92 bits per heavy atom. The van der Waals surface area contributed by atoms with Gasteiger partial charge < -0.3 is 15.2 Å². The molecule has 0 saturated heterocycles. The smallest absolute Gasteiger partial charge is 0.157 e. The van der Waals surface area contributed by atoms with Crippen molar-refractivity contribution in [2.75, 3.05) is 20.3 Å². The van der Waals surface area contributed by atoms with E-state index in [0.717, 1.165) is 5.75 Å². The molecular formula is C8H15N3O2. The van der Waals surface area contributed by atoms with Gasteiger partial charge in [0, 0.05) is 20.7 Å². The maximum Gasteiger partial charge on any atom is 0.157 e. The molecule has 2 N–H and O–H groups in total. The molecule has 0 spiro atoms. The van der Waals surface area contributed by atoms with E-state index in [4.69, 9.17) is 15.2 Å². The number of aromatic nitrogens is 2. The molecule has 1 aromatic rings. The van der Waals surface area contributed by atoms with E-state index in [1.54, 1.807) is 24.2 Å². The summed E-state index contributed by atoms with van der Waals surface area (Å²) in [5.74, 6) is 0.718. The van der Waals surface area contributed by atoms with Gasteiger partial charge >= 0.3 is 0 Å². The van der Waals surface area contributed by atoms with Gasteiger partial charge in [0.2, 0.25) is 0 Å². The lowest BCUT2D eigenvalue weighted by atomic mass is 10.4. The average Bonchev–Trinajstić information content (AvgIpc) is 2.50. The summed E-state index contributed by atoms with van der Waals surface area (Å²) in [5.41, 5.74) is 5.48. The van der Waals surface area contributed by atoms with Crippen molar-refractivity contribution in [1.82, 2.24) is 9.78 Å². The maximum absolute atomic E-state index is 5.49. The average molecular weight is 185 g/mol. The van der Waals surface area contributed by atoms with Crippen LogP contribution in [0.4, 0.5) is 0 Å². The zero-order valence-corrected chi connectivity index (χ0v) is 7.93. The van der Waals surface area contributed by atoms with Gasteiger partial charge in [0.15, 0.2) is 5.75 Å². The lowest BCUT2D eigenvalue weighted by Crippen LogP contribution is -2.30. The van der Waals surface area contributed by atoms with Crippen LogP contribution in [0.15, 0.2) is 12.4 Å². The second-order valence-electron chi connectivity index (χ2n) is 2.78. The summed E-state index contributed by atoms with van der Waals surface area (Å²) in [6.07, 6.45) is 3.34. The minimum absolute atomic E-state index is 0.103. The maximum atomic E-state index is 5.49. The van der Waals surface area contributed by atoms with Crippen molar-refractivity contribution >= 4 is 0 Å². The molecule has 0 aromatic carbocycles. The molecule has 13 heavy (non-hydrogen) atoms. The standard InChI is InChI=1S/C8H15N3O2/c1-11-5-8(4-10-11)13-7(3-9)6-12-2/h4-5,7H,3,6,9H2,1-2H3. The molecule has 0 aliphatic carbocycles. The molecule has 0 radical (unpaired) electrons. The van der Waals surface area contributed by atoms with Gasteiger partial charge in [0.05, 0.1) is 19.0 Å². The second kappa shape index (κ2) is 4.84. The van der Waals surface area contributed by atoms with E-state index in [-0.39, 0.29) is 6.10 Å². The zero-order chi connectivity index (χ0) is 9.68. The fourth-order valence-electron chi connectivity index (χ4n) is 0.988. The molecule has 5 nitrogen and oxygen atoms in total. The molecule has 0 bridgehead atoms. The largest absolute Gasteiger partial charge is 0.483 e. The molecule has 0 aliphatic heterocycles. The van der Waals surface area contributed by atoms with Crippen LogP contribution in [0, 0.1) is 0 Å². The van der Waals surface area contributed by atoms with Crippen molar-refractivity contribution in [3.63, 3.8) is 0 Å². The quantitative estimate of drug-likeness (QED) is 0.688. The normalized spacial score (nSPS) is 12.8. The fraction of sp³-hybridized carbons (Fsp3) is 0.625. The number of methoxy groups -OCH3 is 1. The van der Waals surface area contributed by atoms with Crippen LogP contribution in [0.5, 0.6) is 5.75 Å². The molecule has 1 unspecified atom stereocenters. The zero-order valence-electron chi connectivity index (χ0n) is 7.93. The summed E-state index contributed by atoms with van der Waals surface area (Å²) in [4.78, 5) is 0. The van der Waals surface area contributed by atoms with Gasteiger partial charge in [0.1, 0.15) is 6.10 Å².